The molecule has 92 valence electrons. The molecule has 0 aromatic heterocycles. The lowest BCUT2D eigenvalue weighted by molar-refractivity contribution is -0.136. The highest BCUT2D eigenvalue weighted by molar-refractivity contribution is 5.70. The van der Waals surface area contributed by atoms with Crippen LogP contribution in [0, 0.1) is 5.92 Å². The van der Waals surface area contributed by atoms with Crippen molar-refractivity contribution in [1.82, 2.24) is 0 Å². The average molecular weight is 232 g/mol. The van der Waals surface area contributed by atoms with Gasteiger partial charge in [-0.15, -0.1) is 0 Å². The van der Waals surface area contributed by atoms with Gasteiger partial charge >= 0.3 is 5.97 Å². The van der Waals surface area contributed by atoms with Gasteiger partial charge in [0.2, 0.25) is 0 Å². The monoisotopic (exact) mass is 232 g/mol. The Labute approximate surface area is 103 Å². The van der Waals surface area contributed by atoms with Crippen LogP contribution in [0.5, 0.6) is 0 Å². The van der Waals surface area contributed by atoms with Gasteiger partial charge in [-0.1, -0.05) is 32.0 Å². The summed E-state index contributed by atoms with van der Waals surface area (Å²) in [5.74, 6) is 0.594. The van der Waals surface area contributed by atoms with Crippen molar-refractivity contribution in [2.45, 2.75) is 45.4 Å². The van der Waals surface area contributed by atoms with Gasteiger partial charge in [0.25, 0.3) is 0 Å². The number of rotatable bonds is 4. The maximum absolute atomic E-state index is 10.7. The molecule has 1 aromatic carbocycles. The molecule has 1 aliphatic carbocycles. The molecule has 0 saturated heterocycles. The lowest BCUT2D eigenvalue weighted by Gasteiger charge is -2.14. The SMILES string of the molecule is CC(C)C[C@H]1CCc2ccc(CC(=O)O)cc21. The fraction of sp³-hybridized carbons (Fsp3) is 0.533. The number of carboxylic acids is 1. The number of carboxylic acid groups (broad SMARTS) is 1. The smallest absolute Gasteiger partial charge is 0.307 e. The number of hydrogen-bond acceptors (Lipinski definition) is 1. The second-order valence-corrected chi connectivity index (χ2v) is 5.47. The number of aliphatic carboxylic acids is 1. The van der Waals surface area contributed by atoms with E-state index in [1.807, 2.05) is 6.07 Å². The molecule has 0 spiro atoms. The molecule has 0 fully saturated rings. The molecule has 0 amide bonds. The highest BCUT2D eigenvalue weighted by Gasteiger charge is 2.23. The highest BCUT2D eigenvalue weighted by Crippen LogP contribution is 2.37. The summed E-state index contributed by atoms with van der Waals surface area (Å²) in [6.45, 7) is 4.50. The van der Waals surface area contributed by atoms with E-state index < -0.39 is 5.97 Å². The van der Waals surface area contributed by atoms with Gasteiger partial charge in [-0.3, -0.25) is 4.79 Å². The van der Waals surface area contributed by atoms with Gasteiger partial charge in [0.15, 0.2) is 0 Å². The molecule has 1 atom stereocenters. The predicted molar refractivity (Wildman–Crippen MR) is 68.3 cm³/mol. The standard InChI is InChI=1S/C15H20O2/c1-10(2)7-13-6-5-12-4-3-11(8-14(12)13)9-15(16)17/h3-4,8,10,13H,5-7,9H2,1-2H3,(H,16,17)/t13-/m1/s1. The molecule has 0 saturated carbocycles. The Bertz CT molecular complexity index is 421. The number of benzene rings is 1. The van der Waals surface area contributed by atoms with Crippen LogP contribution in [-0.2, 0) is 17.6 Å². The molecule has 0 aliphatic heterocycles. The minimum Gasteiger partial charge on any atom is -0.481 e. The molecule has 0 heterocycles. The quantitative estimate of drug-likeness (QED) is 0.864. The van der Waals surface area contributed by atoms with E-state index in [-0.39, 0.29) is 6.42 Å². The third kappa shape index (κ3) is 2.87. The van der Waals surface area contributed by atoms with Crippen LogP contribution in [0.25, 0.3) is 0 Å². The van der Waals surface area contributed by atoms with Gasteiger partial charge in [0.05, 0.1) is 6.42 Å². The van der Waals surface area contributed by atoms with Crippen molar-refractivity contribution >= 4 is 5.97 Å². The van der Waals surface area contributed by atoms with Gasteiger partial charge in [0.1, 0.15) is 0 Å². The Balaban J connectivity index is 2.21. The van der Waals surface area contributed by atoms with E-state index in [1.54, 1.807) is 0 Å². The number of carbonyl (C=O) groups is 1. The molecule has 1 N–H and O–H groups in total. The van der Waals surface area contributed by atoms with Crippen molar-refractivity contribution in [2.75, 3.05) is 0 Å². The first-order chi connectivity index (χ1) is 8.06. The van der Waals surface area contributed by atoms with E-state index in [4.69, 9.17) is 5.11 Å². The van der Waals surface area contributed by atoms with Crippen molar-refractivity contribution in [3.8, 4) is 0 Å². The van der Waals surface area contributed by atoms with Gasteiger partial charge < -0.3 is 5.11 Å². The van der Waals surface area contributed by atoms with Crippen molar-refractivity contribution < 1.29 is 9.90 Å². The minimum atomic E-state index is -0.747. The first-order valence-corrected chi connectivity index (χ1v) is 6.39. The summed E-state index contributed by atoms with van der Waals surface area (Å²) < 4.78 is 0. The van der Waals surface area contributed by atoms with Crippen LogP contribution >= 0.6 is 0 Å². The Kier molecular flexibility index (Phi) is 3.51. The molecular formula is C15H20O2. The second kappa shape index (κ2) is 4.91. The van der Waals surface area contributed by atoms with E-state index in [9.17, 15) is 4.79 Å². The molecule has 0 radical (unpaired) electrons. The lowest BCUT2D eigenvalue weighted by atomic mass is 9.91. The molecule has 2 rings (SSSR count). The van der Waals surface area contributed by atoms with Crippen LogP contribution in [0.3, 0.4) is 0 Å². The summed E-state index contributed by atoms with van der Waals surface area (Å²) in [6.07, 6.45) is 3.73. The van der Waals surface area contributed by atoms with Crippen molar-refractivity contribution in [3.63, 3.8) is 0 Å². The third-order valence-corrected chi connectivity index (χ3v) is 3.52. The maximum Gasteiger partial charge on any atom is 0.307 e. The molecule has 2 heteroatoms. The summed E-state index contributed by atoms with van der Waals surface area (Å²) in [4.78, 5) is 10.7. The molecule has 1 aromatic rings. The minimum absolute atomic E-state index is 0.141. The average Bonchev–Trinajstić information content (AvgIpc) is 2.59. The molecule has 17 heavy (non-hydrogen) atoms. The zero-order chi connectivity index (χ0) is 12.4. The largest absolute Gasteiger partial charge is 0.481 e. The summed E-state index contributed by atoms with van der Waals surface area (Å²) in [6, 6.07) is 6.20. The summed E-state index contributed by atoms with van der Waals surface area (Å²) in [5.41, 5.74) is 3.76. The fourth-order valence-corrected chi connectivity index (χ4v) is 2.84. The molecular weight excluding hydrogens is 212 g/mol. The number of fused-ring (bicyclic) bond motifs is 1. The van der Waals surface area contributed by atoms with Crippen LogP contribution in [-0.4, -0.2) is 11.1 Å². The van der Waals surface area contributed by atoms with Crippen molar-refractivity contribution in [3.05, 3.63) is 34.9 Å². The molecule has 0 unspecified atom stereocenters. The van der Waals surface area contributed by atoms with Crippen LogP contribution in [0.4, 0.5) is 0 Å². The van der Waals surface area contributed by atoms with E-state index in [2.05, 4.69) is 26.0 Å². The lowest BCUT2D eigenvalue weighted by Crippen LogP contribution is -2.03. The summed E-state index contributed by atoms with van der Waals surface area (Å²) in [5, 5.41) is 8.83. The normalized spacial score (nSPS) is 18.4. The maximum atomic E-state index is 10.7. The van der Waals surface area contributed by atoms with E-state index in [0.717, 1.165) is 12.0 Å². The second-order valence-electron chi connectivity index (χ2n) is 5.47. The van der Waals surface area contributed by atoms with Crippen LogP contribution in [0.15, 0.2) is 18.2 Å². The van der Waals surface area contributed by atoms with Crippen LogP contribution in [0.2, 0.25) is 0 Å². The van der Waals surface area contributed by atoms with Crippen LogP contribution < -0.4 is 0 Å². The predicted octanol–water partition coefficient (Wildman–Crippen LogP) is 3.39. The van der Waals surface area contributed by atoms with E-state index >= 15 is 0 Å². The van der Waals surface area contributed by atoms with Crippen LogP contribution in [0.1, 0.15) is 49.3 Å². The van der Waals surface area contributed by atoms with Gasteiger partial charge in [-0.25, -0.2) is 0 Å². The Morgan fingerprint density at radius 2 is 2.24 bits per heavy atom. The Morgan fingerprint density at radius 1 is 1.47 bits per heavy atom. The van der Waals surface area contributed by atoms with E-state index in [0.29, 0.717) is 11.8 Å². The molecule has 1 aliphatic rings. The number of aryl methyl sites for hydroxylation is 1. The highest BCUT2D eigenvalue weighted by atomic mass is 16.4. The first kappa shape index (κ1) is 12.2. The zero-order valence-electron chi connectivity index (χ0n) is 10.6. The molecule has 2 nitrogen and oxygen atoms in total. The first-order valence-electron chi connectivity index (χ1n) is 6.39. The van der Waals surface area contributed by atoms with E-state index in [1.165, 1.54) is 24.0 Å². The summed E-state index contributed by atoms with van der Waals surface area (Å²) in [7, 11) is 0. The van der Waals surface area contributed by atoms with Gasteiger partial charge in [-0.2, -0.15) is 0 Å². The Hall–Kier alpha value is -1.31. The van der Waals surface area contributed by atoms with Gasteiger partial charge in [0, 0.05) is 0 Å². The van der Waals surface area contributed by atoms with Crippen molar-refractivity contribution in [2.24, 2.45) is 5.92 Å². The van der Waals surface area contributed by atoms with Crippen molar-refractivity contribution in [1.29, 1.82) is 0 Å². The third-order valence-electron chi connectivity index (χ3n) is 3.52. The fourth-order valence-electron chi connectivity index (χ4n) is 2.84. The topological polar surface area (TPSA) is 37.3 Å². The molecule has 0 bridgehead atoms. The number of hydrogen-bond donors (Lipinski definition) is 1. The summed E-state index contributed by atoms with van der Waals surface area (Å²) >= 11 is 0. The zero-order valence-corrected chi connectivity index (χ0v) is 10.6. The van der Waals surface area contributed by atoms with Gasteiger partial charge in [-0.05, 0) is 47.8 Å². The Morgan fingerprint density at radius 3 is 2.88 bits per heavy atom.